The van der Waals surface area contributed by atoms with Gasteiger partial charge in [0.2, 0.25) is 6.79 Å². The second-order valence-electron chi connectivity index (χ2n) is 4.75. The summed E-state index contributed by atoms with van der Waals surface area (Å²) in [4.78, 5) is 0. The predicted molar refractivity (Wildman–Crippen MR) is 63.9 cm³/mol. The fraction of sp³-hybridized carbons (Fsp3) is 0.538. The van der Waals surface area contributed by atoms with Crippen molar-refractivity contribution in [3.8, 4) is 11.5 Å². The molecule has 2 aliphatic heterocycles. The standard InChI is InChI=1S/C13H16O6/c14-5-12-13(16)8(15)4-10(19-12)7-1-2-9-11(3-7)18-6-17-9/h1-3,8,10,12-16H,4-6H2/t8-,10?,12-,13+/m1/s1. The van der Waals surface area contributed by atoms with Crippen molar-refractivity contribution in [2.75, 3.05) is 13.4 Å². The van der Waals surface area contributed by atoms with Crippen LogP contribution in [0.4, 0.5) is 0 Å². The van der Waals surface area contributed by atoms with Gasteiger partial charge >= 0.3 is 0 Å². The van der Waals surface area contributed by atoms with E-state index in [2.05, 4.69) is 0 Å². The fourth-order valence-electron chi connectivity index (χ4n) is 2.43. The zero-order valence-electron chi connectivity index (χ0n) is 10.2. The van der Waals surface area contributed by atoms with Gasteiger partial charge in [-0.05, 0) is 17.7 Å². The number of rotatable bonds is 2. The highest BCUT2D eigenvalue weighted by Gasteiger charge is 2.37. The van der Waals surface area contributed by atoms with Crippen molar-refractivity contribution in [1.29, 1.82) is 0 Å². The van der Waals surface area contributed by atoms with Crippen LogP contribution in [-0.4, -0.2) is 47.0 Å². The molecule has 19 heavy (non-hydrogen) atoms. The Hall–Kier alpha value is -1.34. The van der Waals surface area contributed by atoms with Crippen LogP contribution in [0.25, 0.3) is 0 Å². The molecule has 4 atom stereocenters. The molecule has 0 spiro atoms. The molecule has 0 aromatic heterocycles. The summed E-state index contributed by atoms with van der Waals surface area (Å²) in [6.45, 7) is -0.135. The van der Waals surface area contributed by atoms with Gasteiger partial charge in [0.25, 0.3) is 0 Å². The molecule has 0 bridgehead atoms. The van der Waals surface area contributed by atoms with Crippen LogP contribution in [0.2, 0.25) is 0 Å². The van der Waals surface area contributed by atoms with E-state index in [4.69, 9.17) is 19.3 Å². The molecule has 1 fully saturated rings. The number of ether oxygens (including phenoxy) is 3. The van der Waals surface area contributed by atoms with Crippen molar-refractivity contribution in [1.82, 2.24) is 0 Å². The Labute approximate surface area is 110 Å². The Balaban J connectivity index is 1.82. The molecule has 1 unspecified atom stereocenters. The van der Waals surface area contributed by atoms with Crippen LogP contribution in [0, 0.1) is 0 Å². The van der Waals surface area contributed by atoms with Gasteiger partial charge in [0.1, 0.15) is 12.2 Å². The lowest BCUT2D eigenvalue weighted by Crippen LogP contribution is -2.47. The quantitative estimate of drug-likeness (QED) is 0.697. The maximum Gasteiger partial charge on any atom is 0.231 e. The molecule has 1 aromatic rings. The van der Waals surface area contributed by atoms with Gasteiger partial charge in [-0.25, -0.2) is 0 Å². The maximum absolute atomic E-state index is 9.81. The van der Waals surface area contributed by atoms with Crippen molar-refractivity contribution < 1.29 is 29.5 Å². The van der Waals surface area contributed by atoms with E-state index in [-0.39, 0.29) is 25.9 Å². The molecule has 0 aliphatic carbocycles. The molecule has 104 valence electrons. The van der Waals surface area contributed by atoms with Crippen LogP contribution >= 0.6 is 0 Å². The van der Waals surface area contributed by atoms with Gasteiger partial charge in [-0.2, -0.15) is 0 Å². The molecule has 1 aromatic carbocycles. The summed E-state index contributed by atoms with van der Waals surface area (Å²) >= 11 is 0. The van der Waals surface area contributed by atoms with Gasteiger partial charge in [-0.15, -0.1) is 0 Å². The molecule has 3 rings (SSSR count). The highest BCUT2D eigenvalue weighted by atomic mass is 16.7. The third-order valence-corrected chi connectivity index (χ3v) is 3.52. The SMILES string of the molecule is OC[C@H]1OC(c2ccc3c(c2)OCO3)C[C@@H](O)[C@@H]1O. The largest absolute Gasteiger partial charge is 0.454 e. The summed E-state index contributed by atoms with van der Waals surface area (Å²) in [5.74, 6) is 1.32. The second kappa shape index (κ2) is 4.97. The van der Waals surface area contributed by atoms with Crippen molar-refractivity contribution in [3.05, 3.63) is 23.8 Å². The first-order valence-electron chi connectivity index (χ1n) is 6.21. The molecular formula is C13H16O6. The van der Waals surface area contributed by atoms with E-state index in [1.54, 1.807) is 12.1 Å². The van der Waals surface area contributed by atoms with Gasteiger partial charge in [-0.3, -0.25) is 0 Å². The van der Waals surface area contributed by atoms with Gasteiger partial charge in [-0.1, -0.05) is 6.07 Å². The predicted octanol–water partition coefficient (Wildman–Crippen LogP) is -0.0406. The molecular weight excluding hydrogens is 252 g/mol. The molecule has 1 saturated heterocycles. The lowest BCUT2D eigenvalue weighted by Gasteiger charge is -2.36. The molecule has 2 aliphatic rings. The van der Waals surface area contributed by atoms with Crippen molar-refractivity contribution >= 4 is 0 Å². The topological polar surface area (TPSA) is 88.4 Å². The van der Waals surface area contributed by atoms with E-state index in [0.29, 0.717) is 11.5 Å². The second-order valence-corrected chi connectivity index (χ2v) is 4.75. The third-order valence-electron chi connectivity index (χ3n) is 3.52. The van der Waals surface area contributed by atoms with Crippen LogP contribution in [0.3, 0.4) is 0 Å². The lowest BCUT2D eigenvalue weighted by molar-refractivity contribution is -0.181. The molecule has 6 nitrogen and oxygen atoms in total. The first-order valence-corrected chi connectivity index (χ1v) is 6.21. The number of hydrogen-bond donors (Lipinski definition) is 3. The number of aliphatic hydroxyl groups is 3. The van der Waals surface area contributed by atoms with E-state index in [9.17, 15) is 10.2 Å². The summed E-state index contributed by atoms with van der Waals surface area (Å²) in [5, 5.41) is 28.6. The minimum Gasteiger partial charge on any atom is -0.454 e. The van der Waals surface area contributed by atoms with Crippen LogP contribution in [0.1, 0.15) is 18.1 Å². The van der Waals surface area contributed by atoms with Crippen molar-refractivity contribution in [2.45, 2.75) is 30.8 Å². The summed E-state index contributed by atoms with van der Waals surface area (Å²) in [7, 11) is 0. The van der Waals surface area contributed by atoms with E-state index in [0.717, 1.165) is 5.56 Å². The zero-order chi connectivity index (χ0) is 13.4. The number of fused-ring (bicyclic) bond motifs is 1. The average Bonchev–Trinajstić information content (AvgIpc) is 2.89. The monoisotopic (exact) mass is 268 g/mol. The number of hydrogen-bond acceptors (Lipinski definition) is 6. The van der Waals surface area contributed by atoms with Crippen LogP contribution < -0.4 is 9.47 Å². The first kappa shape index (κ1) is 12.7. The Morgan fingerprint density at radius 1 is 1.16 bits per heavy atom. The van der Waals surface area contributed by atoms with Crippen LogP contribution in [0.5, 0.6) is 11.5 Å². The van der Waals surface area contributed by atoms with Crippen molar-refractivity contribution in [2.24, 2.45) is 0 Å². The maximum atomic E-state index is 9.81. The summed E-state index contributed by atoms with van der Waals surface area (Å²) in [5.41, 5.74) is 0.827. The number of aliphatic hydroxyl groups excluding tert-OH is 3. The normalized spacial score (nSPS) is 33.4. The van der Waals surface area contributed by atoms with Gasteiger partial charge in [0.05, 0.1) is 18.8 Å². The minimum absolute atomic E-state index is 0.199. The summed E-state index contributed by atoms with van der Waals surface area (Å²) in [6, 6.07) is 5.41. The fourth-order valence-corrected chi connectivity index (χ4v) is 2.43. The smallest absolute Gasteiger partial charge is 0.231 e. The zero-order valence-corrected chi connectivity index (χ0v) is 10.2. The number of benzene rings is 1. The van der Waals surface area contributed by atoms with E-state index < -0.39 is 18.3 Å². The Bertz CT molecular complexity index is 462. The van der Waals surface area contributed by atoms with Gasteiger partial charge in [0.15, 0.2) is 11.5 Å². The molecule has 0 radical (unpaired) electrons. The van der Waals surface area contributed by atoms with Gasteiger partial charge < -0.3 is 29.5 Å². The van der Waals surface area contributed by atoms with E-state index >= 15 is 0 Å². The molecule has 0 amide bonds. The Kier molecular flexibility index (Phi) is 3.32. The lowest BCUT2D eigenvalue weighted by atomic mass is 9.94. The minimum atomic E-state index is -1.06. The van der Waals surface area contributed by atoms with Crippen LogP contribution in [0.15, 0.2) is 18.2 Å². The Morgan fingerprint density at radius 3 is 2.74 bits per heavy atom. The molecule has 6 heteroatoms. The van der Waals surface area contributed by atoms with E-state index in [1.807, 2.05) is 6.07 Å². The van der Waals surface area contributed by atoms with Crippen LogP contribution in [-0.2, 0) is 4.74 Å². The first-order chi connectivity index (χ1) is 9.19. The highest BCUT2D eigenvalue weighted by Crippen LogP contribution is 2.38. The summed E-state index contributed by atoms with van der Waals surface area (Å²) < 4.78 is 16.1. The highest BCUT2D eigenvalue weighted by molar-refractivity contribution is 5.45. The molecule has 0 saturated carbocycles. The summed E-state index contributed by atoms with van der Waals surface area (Å²) in [6.07, 6.45) is -2.86. The molecule has 2 heterocycles. The average molecular weight is 268 g/mol. The van der Waals surface area contributed by atoms with Gasteiger partial charge in [0, 0.05) is 6.42 Å². The van der Waals surface area contributed by atoms with E-state index in [1.165, 1.54) is 0 Å². The van der Waals surface area contributed by atoms with Crippen molar-refractivity contribution in [3.63, 3.8) is 0 Å². The Morgan fingerprint density at radius 2 is 1.95 bits per heavy atom. The third kappa shape index (κ3) is 2.28. The molecule has 3 N–H and O–H groups in total.